The van der Waals surface area contributed by atoms with Gasteiger partial charge in [0.15, 0.2) is 5.69 Å². The second kappa shape index (κ2) is 5.66. The molecule has 0 aliphatic rings. The summed E-state index contributed by atoms with van der Waals surface area (Å²) in [4.78, 5) is 0. The van der Waals surface area contributed by atoms with Gasteiger partial charge >= 0.3 is 0 Å². The van der Waals surface area contributed by atoms with Crippen molar-refractivity contribution in [3.05, 3.63) is 41.2 Å². The van der Waals surface area contributed by atoms with Gasteiger partial charge < -0.3 is 0 Å². The van der Waals surface area contributed by atoms with Gasteiger partial charge in [-0.2, -0.15) is 5.26 Å². The first-order valence-corrected chi connectivity index (χ1v) is 6.64. The molecule has 0 saturated carbocycles. The summed E-state index contributed by atoms with van der Waals surface area (Å²) in [7, 11) is 0. The van der Waals surface area contributed by atoms with Crippen LogP contribution in [0.15, 0.2) is 24.3 Å². The minimum atomic E-state index is 0.311. The fraction of sp³-hybridized carbons (Fsp3) is 0.400. The first-order valence-electron chi connectivity index (χ1n) is 6.64. The van der Waals surface area contributed by atoms with E-state index in [0.29, 0.717) is 11.6 Å². The monoisotopic (exact) mass is 254 g/mol. The molecule has 0 fully saturated rings. The highest BCUT2D eigenvalue weighted by atomic mass is 15.4. The van der Waals surface area contributed by atoms with E-state index in [0.717, 1.165) is 24.2 Å². The van der Waals surface area contributed by atoms with E-state index in [-0.39, 0.29) is 0 Å². The summed E-state index contributed by atoms with van der Waals surface area (Å²) >= 11 is 0. The highest BCUT2D eigenvalue weighted by Crippen LogP contribution is 2.27. The fourth-order valence-electron chi connectivity index (χ4n) is 2.29. The summed E-state index contributed by atoms with van der Waals surface area (Å²) in [5.74, 6) is 0.311. The average Bonchev–Trinajstić information content (AvgIpc) is 2.85. The van der Waals surface area contributed by atoms with Crippen molar-refractivity contribution in [3.8, 4) is 11.8 Å². The Labute approximate surface area is 113 Å². The number of nitrogens with zero attached hydrogens (tertiary/aromatic N) is 4. The second-order valence-electron chi connectivity index (χ2n) is 4.70. The largest absolute Gasteiger partial charge is 0.216 e. The Bertz CT molecular complexity index is 586. The number of aryl methyl sites for hydroxylation is 1. The van der Waals surface area contributed by atoms with E-state index in [1.165, 1.54) is 5.56 Å². The summed E-state index contributed by atoms with van der Waals surface area (Å²) in [6, 6.07) is 10.3. The van der Waals surface area contributed by atoms with Gasteiger partial charge in [-0.05, 0) is 31.9 Å². The van der Waals surface area contributed by atoms with Gasteiger partial charge in [0, 0.05) is 5.92 Å². The molecule has 1 heterocycles. The second-order valence-corrected chi connectivity index (χ2v) is 4.70. The molecule has 1 aromatic carbocycles. The van der Waals surface area contributed by atoms with E-state index in [4.69, 9.17) is 0 Å². The number of hydrogen-bond donors (Lipinski definition) is 0. The summed E-state index contributed by atoms with van der Waals surface area (Å²) in [6.07, 6.45) is 1.95. The molecule has 0 unspecified atom stereocenters. The van der Waals surface area contributed by atoms with Crippen molar-refractivity contribution in [2.24, 2.45) is 0 Å². The first kappa shape index (κ1) is 13.3. The number of hydrogen-bond acceptors (Lipinski definition) is 3. The predicted octanol–water partition coefficient (Wildman–Crippen LogP) is 3.35. The molecule has 98 valence electrons. The molecule has 4 nitrogen and oxygen atoms in total. The van der Waals surface area contributed by atoms with Crippen molar-refractivity contribution in [1.82, 2.24) is 15.0 Å². The zero-order chi connectivity index (χ0) is 13.8. The number of rotatable bonds is 4. The third-order valence-electron chi connectivity index (χ3n) is 3.46. The van der Waals surface area contributed by atoms with Crippen LogP contribution < -0.4 is 0 Å². The molecule has 0 N–H and O–H groups in total. The van der Waals surface area contributed by atoms with Gasteiger partial charge in [-0.15, -0.1) is 5.10 Å². The fourth-order valence-corrected chi connectivity index (χ4v) is 2.29. The molecular formula is C15H18N4. The van der Waals surface area contributed by atoms with Gasteiger partial charge in [0.25, 0.3) is 0 Å². The molecule has 1 aromatic heterocycles. The van der Waals surface area contributed by atoms with E-state index in [2.05, 4.69) is 30.2 Å². The van der Waals surface area contributed by atoms with E-state index in [1.54, 1.807) is 4.68 Å². The third kappa shape index (κ3) is 2.50. The van der Waals surface area contributed by atoms with E-state index >= 15 is 0 Å². The van der Waals surface area contributed by atoms with Crippen molar-refractivity contribution >= 4 is 0 Å². The van der Waals surface area contributed by atoms with Crippen LogP contribution in [0.2, 0.25) is 0 Å². The van der Waals surface area contributed by atoms with E-state index in [9.17, 15) is 5.26 Å². The molecule has 0 saturated heterocycles. The van der Waals surface area contributed by atoms with Gasteiger partial charge in [-0.3, -0.25) is 0 Å². The average molecular weight is 254 g/mol. The van der Waals surface area contributed by atoms with Gasteiger partial charge in [-0.25, -0.2) is 4.68 Å². The molecule has 0 amide bonds. The summed E-state index contributed by atoms with van der Waals surface area (Å²) in [5, 5.41) is 17.3. The Balaban J connectivity index is 2.55. The van der Waals surface area contributed by atoms with Crippen molar-refractivity contribution in [2.75, 3.05) is 0 Å². The molecule has 2 rings (SSSR count). The van der Waals surface area contributed by atoms with Gasteiger partial charge in [-0.1, -0.05) is 36.8 Å². The van der Waals surface area contributed by atoms with Gasteiger partial charge in [0.05, 0.1) is 11.4 Å². The van der Waals surface area contributed by atoms with Crippen LogP contribution in [-0.2, 0) is 0 Å². The highest BCUT2D eigenvalue weighted by molar-refractivity contribution is 5.39. The van der Waals surface area contributed by atoms with Crippen LogP contribution in [0.4, 0.5) is 0 Å². The number of nitriles is 1. The standard InChI is InChI=1S/C15H18N4/c1-4-12(5-2)15-14(10-16)17-18-19(15)13-8-6-11(3)7-9-13/h6-9,12H,4-5H2,1-3H3. The summed E-state index contributed by atoms with van der Waals surface area (Å²) in [5.41, 5.74) is 3.53. The molecule has 0 spiro atoms. The first-order chi connectivity index (χ1) is 9.21. The van der Waals surface area contributed by atoms with Crippen LogP contribution in [0.5, 0.6) is 0 Å². The number of aromatic nitrogens is 3. The smallest absolute Gasteiger partial charge is 0.186 e. The lowest BCUT2D eigenvalue weighted by Gasteiger charge is -2.14. The van der Waals surface area contributed by atoms with Crippen molar-refractivity contribution in [2.45, 2.75) is 39.5 Å². The van der Waals surface area contributed by atoms with Crippen molar-refractivity contribution < 1.29 is 0 Å². The maximum absolute atomic E-state index is 9.20. The zero-order valence-corrected chi connectivity index (χ0v) is 11.6. The normalized spacial score (nSPS) is 10.7. The molecular weight excluding hydrogens is 236 g/mol. The molecule has 0 bridgehead atoms. The Morgan fingerprint density at radius 2 is 1.84 bits per heavy atom. The zero-order valence-electron chi connectivity index (χ0n) is 11.6. The SMILES string of the molecule is CCC(CC)c1c(C#N)nnn1-c1ccc(C)cc1. The van der Waals surface area contributed by atoms with Gasteiger partial charge in [0.2, 0.25) is 0 Å². The molecule has 19 heavy (non-hydrogen) atoms. The van der Waals surface area contributed by atoms with Crippen LogP contribution in [0.1, 0.15) is 49.6 Å². The van der Waals surface area contributed by atoms with Crippen LogP contribution in [0.3, 0.4) is 0 Å². The van der Waals surface area contributed by atoms with Crippen LogP contribution >= 0.6 is 0 Å². The Morgan fingerprint density at radius 1 is 1.21 bits per heavy atom. The number of benzene rings is 1. The lowest BCUT2D eigenvalue weighted by Crippen LogP contribution is -2.08. The quantitative estimate of drug-likeness (QED) is 0.840. The Morgan fingerprint density at radius 3 is 2.37 bits per heavy atom. The highest BCUT2D eigenvalue weighted by Gasteiger charge is 2.20. The molecule has 2 aromatic rings. The van der Waals surface area contributed by atoms with E-state index in [1.807, 2.05) is 31.2 Å². The molecule has 0 aliphatic carbocycles. The van der Waals surface area contributed by atoms with Crippen LogP contribution in [0, 0.1) is 18.3 Å². The third-order valence-corrected chi connectivity index (χ3v) is 3.46. The van der Waals surface area contributed by atoms with Crippen LogP contribution in [0.25, 0.3) is 5.69 Å². The maximum atomic E-state index is 9.20. The predicted molar refractivity (Wildman–Crippen MR) is 74.1 cm³/mol. The molecule has 4 heteroatoms. The molecule has 0 atom stereocenters. The van der Waals surface area contributed by atoms with Crippen LogP contribution in [-0.4, -0.2) is 15.0 Å². The lowest BCUT2D eigenvalue weighted by atomic mass is 9.97. The Kier molecular flexibility index (Phi) is 3.96. The maximum Gasteiger partial charge on any atom is 0.186 e. The van der Waals surface area contributed by atoms with Crippen molar-refractivity contribution in [3.63, 3.8) is 0 Å². The molecule has 0 aliphatic heterocycles. The Hall–Kier alpha value is -2.15. The summed E-state index contributed by atoms with van der Waals surface area (Å²) < 4.78 is 1.80. The lowest BCUT2D eigenvalue weighted by molar-refractivity contribution is 0.594. The van der Waals surface area contributed by atoms with Crippen molar-refractivity contribution in [1.29, 1.82) is 5.26 Å². The minimum Gasteiger partial charge on any atom is -0.216 e. The van der Waals surface area contributed by atoms with E-state index < -0.39 is 0 Å². The van der Waals surface area contributed by atoms with Gasteiger partial charge in [0.1, 0.15) is 6.07 Å². The minimum absolute atomic E-state index is 0.311. The summed E-state index contributed by atoms with van der Waals surface area (Å²) in [6.45, 7) is 6.30. The molecule has 0 radical (unpaired) electrons. The topological polar surface area (TPSA) is 54.5 Å².